The van der Waals surface area contributed by atoms with Crippen molar-refractivity contribution in [1.82, 2.24) is 0 Å². The summed E-state index contributed by atoms with van der Waals surface area (Å²) < 4.78 is 0. The summed E-state index contributed by atoms with van der Waals surface area (Å²) in [4.78, 5) is 10.8. The van der Waals surface area contributed by atoms with E-state index in [-0.39, 0.29) is 12.3 Å². The number of fused-ring (bicyclic) bond motifs is 1. The molecule has 2 rings (SSSR count). The minimum Gasteiger partial charge on any atom is -0.481 e. The van der Waals surface area contributed by atoms with Gasteiger partial charge in [0.25, 0.3) is 0 Å². The van der Waals surface area contributed by atoms with Gasteiger partial charge in [0.15, 0.2) is 0 Å². The number of hydrogen-bond acceptors (Lipinski definition) is 1. The van der Waals surface area contributed by atoms with Gasteiger partial charge in [-0.25, -0.2) is 0 Å². The summed E-state index contributed by atoms with van der Waals surface area (Å²) in [6.45, 7) is 4.25. The molecule has 2 heteroatoms. The van der Waals surface area contributed by atoms with Crippen LogP contribution in [0.25, 0.3) is 0 Å². The van der Waals surface area contributed by atoms with Gasteiger partial charge in [0.1, 0.15) is 0 Å². The minimum absolute atomic E-state index is 0.206. The molecule has 15 heavy (non-hydrogen) atoms. The zero-order valence-electron chi connectivity index (χ0n) is 9.16. The van der Waals surface area contributed by atoms with Gasteiger partial charge in [0, 0.05) is 0 Å². The van der Waals surface area contributed by atoms with Crippen molar-refractivity contribution in [2.45, 2.75) is 32.6 Å². The monoisotopic (exact) mass is 204 g/mol. The molecule has 1 aromatic rings. The molecule has 0 amide bonds. The maximum absolute atomic E-state index is 10.8. The average molecular weight is 204 g/mol. The van der Waals surface area contributed by atoms with Crippen molar-refractivity contribution in [3.63, 3.8) is 0 Å². The number of carbonyl (C=O) groups is 1. The fourth-order valence-electron chi connectivity index (χ4n) is 2.62. The predicted molar refractivity (Wildman–Crippen MR) is 59.0 cm³/mol. The van der Waals surface area contributed by atoms with Gasteiger partial charge in [-0.2, -0.15) is 0 Å². The van der Waals surface area contributed by atoms with Crippen LogP contribution in [-0.4, -0.2) is 11.1 Å². The Labute approximate surface area is 89.9 Å². The van der Waals surface area contributed by atoms with E-state index in [2.05, 4.69) is 26.0 Å². The van der Waals surface area contributed by atoms with E-state index >= 15 is 0 Å². The molecule has 0 saturated heterocycles. The molecule has 2 unspecified atom stereocenters. The van der Waals surface area contributed by atoms with E-state index in [0.29, 0.717) is 5.92 Å². The third kappa shape index (κ3) is 1.76. The second-order valence-electron chi connectivity index (χ2n) is 4.53. The van der Waals surface area contributed by atoms with Gasteiger partial charge in [-0.3, -0.25) is 4.79 Å². The fourth-order valence-corrected chi connectivity index (χ4v) is 2.62. The smallest absolute Gasteiger partial charge is 0.303 e. The fraction of sp³-hybridized carbons (Fsp3) is 0.462. The summed E-state index contributed by atoms with van der Waals surface area (Å²) in [5.74, 6) is -0.0317. The highest BCUT2D eigenvalue weighted by Gasteiger charge is 2.31. The minimum atomic E-state index is -0.693. The summed E-state index contributed by atoms with van der Waals surface area (Å²) in [6.07, 6.45) is 1.29. The molecule has 1 aliphatic carbocycles. The van der Waals surface area contributed by atoms with Crippen LogP contribution in [0.4, 0.5) is 0 Å². The van der Waals surface area contributed by atoms with E-state index in [1.165, 1.54) is 16.7 Å². The summed E-state index contributed by atoms with van der Waals surface area (Å²) in [5, 5.41) is 8.89. The molecular weight excluding hydrogens is 188 g/mol. The largest absolute Gasteiger partial charge is 0.481 e. The molecule has 80 valence electrons. The van der Waals surface area contributed by atoms with Gasteiger partial charge in [0.2, 0.25) is 0 Å². The zero-order chi connectivity index (χ0) is 11.0. The molecule has 0 aromatic heterocycles. The van der Waals surface area contributed by atoms with Gasteiger partial charge >= 0.3 is 5.97 Å². The number of hydrogen-bond donors (Lipinski definition) is 1. The highest BCUT2D eigenvalue weighted by atomic mass is 16.4. The van der Waals surface area contributed by atoms with Crippen molar-refractivity contribution in [3.8, 4) is 0 Å². The molecule has 2 nitrogen and oxygen atoms in total. The van der Waals surface area contributed by atoms with E-state index in [1.54, 1.807) is 0 Å². The van der Waals surface area contributed by atoms with Gasteiger partial charge in [-0.15, -0.1) is 0 Å². The van der Waals surface area contributed by atoms with Gasteiger partial charge < -0.3 is 5.11 Å². The van der Waals surface area contributed by atoms with Crippen molar-refractivity contribution in [2.75, 3.05) is 0 Å². The quantitative estimate of drug-likeness (QED) is 0.804. The number of carboxylic acid groups (broad SMARTS) is 1. The van der Waals surface area contributed by atoms with Crippen LogP contribution in [0.15, 0.2) is 18.2 Å². The molecule has 1 aromatic carbocycles. The second kappa shape index (κ2) is 3.69. The Bertz CT molecular complexity index is 396. The van der Waals surface area contributed by atoms with E-state index in [4.69, 9.17) is 5.11 Å². The normalized spacial score (nSPS) is 23.9. The number of carboxylic acids is 1. The van der Waals surface area contributed by atoms with Gasteiger partial charge in [0.05, 0.1) is 6.42 Å². The topological polar surface area (TPSA) is 37.3 Å². The van der Waals surface area contributed by atoms with Crippen LogP contribution < -0.4 is 0 Å². The molecule has 1 N–H and O–H groups in total. The van der Waals surface area contributed by atoms with Crippen LogP contribution in [0.2, 0.25) is 0 Å². The Morgan fingerprint density at radius 1 is 1.53 bits per heavy atom. The Morgan fingerprint density at radius 3 is 2.93 bits per heavy atom. The van der Waals surface area contributed by atoms with E-state index < -0.39 is 5.97 Å². The Morgan fingerprint density at radius 2 is 2.27 bits per heavy atom. The third-order valence-corrected chi connectivity index (χ3v) is 3.45. The molecule has 0 fully saturated rings. The lowest BCUT2D eigenvalue weighted by Gasteiger charge is -2.13. The van der Waals surface area contributed by atoms with Gasteiger partial charge in [-0.1, -0.05) is 25.1 Å². The predicted octanol–water partition coefficient (Wildman–Crippen LogP) is 2.75. The molecule has 0 saturated carbocycles. The van der Waals surface area contributed by atoms with Crippen molar-refractivity contribution in [3.05, 3.63) is 34.9 Å². The first-order valence-electron chi connectivity index (χ1n) is 5.39. The Kier molecular flexibility index (Phi) is 2.51. The van der Waals surface area contributed by atoms with Crippen molar-refractivity contribution >= 4 is 5.97 Å². The van der Waals surface area contributed by atoms with Crippen molar-refractivity contribution < 1.29 is 9.90 Å². The van der Waals surface area contributed by atoms with Crippen molar-refractivity contribution in [2.24, 2.45) is 5.92 Å². The summed E-state index contributed by atoms with van der Waals surface area (Å²) >= 11 is 0. The van der Waals surface area contributed by atoms with Crippen LogP contribution in [-0.2, 0) is 11.2 Å². The molecule has 1 aliphatic rings. The molecule has 0 aliphatic heterocycles. The van der Waals surface area contributed by atoms with Crippen molar-refractivity contribution in [1.29, 1.82) is 0 Å². The average Bonchev–Trinajstić information content (AvgIpc) is 2.45. The maximum Gasteiger partial charge on any atom is 0.303 e. The standard InChI is InChI=1S/C13H16O2/c1-8-4-3-5-10-11(8)6-9(2)12(10)7-13(14)15/h3-5,9,12H,6-7H2,1-2H3,(H,14,15). The lowest BCUT2D eigenvalue weighted by atomic mass is 9.91. The number of aryl methyl sites for hydroxylation is 1. The first kappa shape index (κ1) is 10.2. The molecule has 0 radical (unpaired) electrons. The lowest BCUT2D eigenvalue weighted by molar-refractivity contribution is -0.137. The van der Waals surface area contributed by atoms with E-state index in [1.807, 2.05) is 6.07 Å². The van der Waals surface area contributed by atoms with Crippen LogP contribution in [0, 0.1) is 12.8 Å². The highest BCUT2D eigenvalue weighted by molar-refractivity contribution is 5.68. The zero-order valence-corrected chi connectivity index (χ0v) is 9.16. The Hall–Kier alpha value is -1.31. The first-order valence-corrected chi connectivity index (χ1v) is 5.39. The van der Waals surface area contributed by atoms with Gasteiger partial charge in [-0.05, 0) is 41.9 Å². The maximum atomic E-state index is 10.8. The number of benzene rings is 1. The summed E-state index contributed by atoms with van der Waals surface area (Å²) in [6, 6.07) is 6.22. The molecular formula is C13H16O2. The van der Waals surface area contributed by atoms with Crippen LogP contribution in [0.3, 0.4) is 0 Å². The van der Waals surface area contributed by atoms with E-state index in [9.17, 15) is 4.79 Å². The molecule has 2 atom stereocenters. The third-order valence-electron chi connectivity index (χ3n) is 3.45. The number of rotatable bonds is 2. The highest BCUT2D eigenvalue weighted by Crippen LogP contribution is 2.41. The molecule has 0 spiro atoms. The Balaban J connectivity index is 2.37. The lowest BCUT2D eigenvalue weighted by Crippen LogP contribution is -2.09. The number of aliphatic carboxylic acids is 1. The second-order valence-corrected chi connectivity index (χ2v) is 4.53. The van der Waals surface area contributed by atoms with Crippen LogP contribution in [0.5, 0.6) is 0 Å². The van der Waals surface area contributed by atoms with E-state index in [0.717, 1.165) is 6.42 Å². The molecule has 0 bridgehead atoms. The van der Waals surface area contributed by atoms with Crippen LogP contribution in [0.1, 0.15) is 36.0 Å². The molecule has 0 heterocycles. The summed E-state index contributed by atoms with van der Waals surface area (Å²) in [5.41, 5.74) is 3.92. The summed E-state index contributed by atoms with van der Waals surface area (Å²) in [7, 11) is 0. The SMILES string of the molecule is Cc1cccc2c1CC(C)C2CC(=O)O. The van der Waals surface area contributed by atoms with Crippen LogP contribution >= 0.6 is 0 Å². The first-order chi connectivity index (χ1) is 7.09.